The molecule has 0 aromatic heterocycles. The molecule has 0 radical (unpaired) electrons. The summed E-state index contributed by atoms with van der Waals surface area (Å²) >= 11 is 0. The molecule has 9 nitrogen and oxygen atoms in total. The van der Waals surface area contributed by atoms with E-state index in [1.807, 2.05) is 0 Å². The zero-order valence-corrected chi connectivity index (χ0v) is 22.3. The van der Waals surface area contributed by atoms with Crippen molar-refractivity contribution in [2.75, 3.05) is 48.8 Å². The summed E-state index contributed by atoms with van der Waals surface area (Å²) in [6.07, 6.45) is 1.02. The molecule has 0 spiro atoms. The van der Waals surface area contributed by atoms with Crippen LogP contribution in [0.2, 0.25) is 0 Å². The molecule has 0 atom stereocenters. The summed E-state index contributed by atoms with van der Waals surface area (Å²) in [4.78, 5) is 43.3. The Morgan fingerprint density at radius 2 is 1.59 bits per heavy atom. The van der Waals surface area contributed by atoms with Crippen LogP contribution >= 0.6 is 0 Å². The fraction of sp³-hybridized carbons (Fsp3) is 0.250. The Labute approximate surface area is 226 Å². The van der Waals surface area contributed by atoms with Gasteiger partial charge in [0.25, 0.3) is 5.91 Å². The number of carboxylic acid groups (broad SMARTS) is 1. The number of para-hydroxylation sites is 1. The molecule has 0 bridgehead atoms. The van der Waals surface area contributed by atoms with Crippen LogP contribution < -0.4 is 9.80 Å². The van der Waals surface area contributed by atoms with Crippen molar-refractivity contribution in [2.24, 2.45) is 0 Å². The van der Waals surface area contributed by atoms with Gasteiger partial charge >= 0.3 is 5.97 Å². The average molecular weight is 554 g/mol. The molecule has 1 heterocycles. The first-order valence-corrected chi connectivity index (χ1v) is 14.1. The van der Waals surface area contributed by atoms with E-state index in [2.05, 4.69) is 0 Å². The van der Waals surface area contributed by atoms with Gasteiger partial charge in [-0.05, 0) is 49.4 Å². The van der Waals surface area contributed by atoms with Crippen molar-refractivity contribution in [3.63, 3.8) is 0 Å². The number of anilines is 2. The van der Waals surface area contributed by atoms with Crippen molar-refractivity contribution < 1.29 is 32.3 Å². The van der Waals surface area contributed by atoms with Gasteiger partial charge in [0.05, 0.1) is 21.7 Å². The fourth-order valence-corrected chi connectivity index (χ4v) is 5.44. The lowest BCUT2D eigenvalue weighted by molar-refractivity contribution is -0.129. The summed E-state index contributed by atoms with van der Waals surface area (Å²) in [5.74, 6) is -2.86. The summed E-state index contributed by atoms with van der Waals surface area (Å²) in [5, 5.41) is 9.67. The number of nitrogens with zero attached hydrogens (tertiary/aromatic N) is 3. The topological polar surface area (TPSA) is 115 Å². The molecule has 0 saturated carbocycles. The normalized spacial score (nSPS) is 13.7. The van der Waals surface area contributed by atoms with E-state index in [-0.39, 0.29) is 41.6 Å². The number of sulfone groups is 1. The molecule has 1 N–H and O–H groups in total. The molecule has 1 fully saturated rings. The minimum atomic E-state index is -3.68. The molecule has 1 aliphatic rings. The lowest BCUT2D eigenvalue weighted by Crippen LogP contribution is -2.52. The number of carboxylic acids is 1. The van der Waals surface area contributed by atoms with Gasteiger partial charge in [-0.25, -0.2) is 17.6 Å². The molecule has 1 saturated heterocycles. The largest absolute Gasteiger partial charge is 0.478 e. The van der Waals surface area contributed by atoms with Gasteiger partial charge in [-0.3, -0.25) is 14.5 Å². The minimum absolute atomic E-state index is 0.0285. The van der Waals surface area contributed by atoms with E-state index in [4.69, 9.17) is 0 Å². The van der Waals surface area contributed by atoms with Crippen LogP contribution in [0.25, 0.3) is 0 Å². The third kappa shape index (κ3) is 6.26. The number of amides is 2. The Kier molecular flexibility index (Phi) is 8.01. The SMILES string of the molecule is Cc1ccc(C(=O)N(CC(=O)N2CCN(c3ccc(F)cc3S(C)(=O)=O)CC2)c2ccccc2)c(C(=O)O)c1. The van der Waals surface area contributed by atoms with Gasteiger partial charge < -0.3 is 14.9 Å². The quantitative estimate of drug-likeness (QED) is 0.478. The van der Waals surface area contributed by atoms with E-state index in [1.54, 1.807) is 53.1 Å². The van der Waals surface area contributed by atoms with Gasteiger partial charge in [0.2, 0.25) is 5.91 Å². The summed E-state index contributed by atoms with van der Waals surface area (Å²) in [7, 11) is -3.68. The zero-order valence-electron chi connectivity index (χ0n) is 21.5. The predicted octanol–water partition coefficient (Wildman–Crippen LogP) is 3.23. The summed E-state index contributed by atoms with van der Waals surface area (Å²) in [6.45, 7) is 2.52. The van der Waals surface area contributed by atoms with Gasteiger partial charge in [-0.1, -0.05) is 29.8 Å². The lowest BCUT2D eigenvalue weighted by atomic mass is 10.0. The maximum Gasteiger partial charge on any atom is 0.336 e. The summed E-state index contributed by atoms with van der Waals surface area (Å²) in [5.41, 5.74) is 1.31. The Morgan fingerprint density at radius 1 is 0.923 bits per heavy atom. The Hall–Kier alpha value is -4.25. The van der Waals surface area contributed by atoms with Crippen molar-refractivity contribution >= 4 is 39.0 Å². The zero-order chi connectivity index (χ0) is 28.3. The van der Waals surface area contributed by atoms with Crippen LogP contribution in [0.4, 0.5) is 15.8 Å². The molecule has 2 amide bonds. The molecule has 204 valence electrons. The van der Waals surface area contributed by atoms with Crippen LogP contribution in [0.5, 0.6) is 0 Å². The van der Waals surface area contributed by atoms with Crippen LogP contribution in [-0.2, 0) is 14.6 Å². The molecule has 11 heteroatoms. The Morgan fingerprint density at radius 3 is 2.21 bits per heavy atom. The number of carbonyl (C=O) groups is 3. The number of aromatic carboxylic acids is 1. The second-order valence-electron chi connectivity index (χ2n) is 9.33. The van der Waals surface area contributed by atoms with Crippen molar-refractivity contribution in [2.45, 2.75) is 11.8 Å². The number of benzene rings is 3. The number of hydrogen-bond acceptors (Lipinski definition) is 6. The average Bonchev–Trinajstić information content (AvgIpc) is 2.91. The molecule has 3 aromatic rings. The summed E-state index contributed by atoms with van der Waals surface area (Å²) < 4.78 is 38.2. The van der Waals surface area contributed by atoms with Gasteiger partial charge in [-0.2, -0.15) is 0 Å². The first-order chi connectivity index (χ1) is 18.5. The number of rotatable bonds is 7. The van der Waals surface area contributed by atoms with Crippen molar-refractivity contribution in [1.82, 2.24) is 4.90 Å². The van der Waals surface area contributed by atoms with E-state index in [0.717, 1.165) is 12.3 Å². The van der Waals surface area contributed by atoms with Crippen LogP contribution in [-0.4, -0.2) is 75.2 Å². The predicted molar refractivity (Wildman–Crippen MR) is 145 cm³/mol. The van der Waals surface area contributed by atoms with E-state index in [1.165, 1.54) is 29.2 Å². The Bertz CT molecular complexity index is 1520. The highest BCUT2D eigenvalue weighted by molar-refractivity contribution is 7.90. The number of carbonyl (C=O) groups excluding carboxylic acids is 2. The third-order valence-electron chi connectivity index (χ3n) is 6.54. The van der Waals surface area contributed by atoms with Crippen molar-refractivity contribution in [3.8, 4) is 0 Å². The Balaban J connectivity index is 1.54. The van der Waals surface area contributed by atoms with Crippen LogP contribution in [0.1, 0.15) is 26.3 Å². The van der Waals surface area contributed by atoms with Gasteiger partial charge in [0, 0.05) is 38.1 Å². The second-order valence-corrected chi connectivity index (χ2v) is 11.3. The third-order valence-corrected chi connectivity index (χ3v) is 7.66. The molecular formula is C28H28FN3O6S. The number of piperazine rings is 1. The molecule has 3 aromatic carbocycles. The fourth-order valence-electron chi connectivity index (χ4n) is 4.53. The molecule has 39 heavy (non-hydrogen) atoms. The standard InChI is InChI=1S/C28H28FN3O6S/c1-19-8-10-22(23(16-19)28(35)36)27(34)32(21-6-4-3-5-7-21)18-26(33)31-14-12-30(13-15-31)24-11-9-20(29)17-25(24)39(2,37)38/h3-11,16-17H,12-15,18H2,1-2H3,(H,35,36). The van der Waals surface area contributed by atoms with E-state index < -0.39 is 27.5 Å². The summed E-state index contributed by atoms with van der Waals surface area (Å²) in [6, 6.07) is 16.6. The minimum Gasteiger partial charge on any atom is -0.478 e. The van der Waals surface area contributed by atoms with Gasteiger partial charge in [0.1, 0.15) is 12.4 Å². The highest BCUT2D eigenvalue weighted by atomic mass is 32.2. The number of halogens is 1. The van der Waals surface area contributed by atoms with Crippen molar-refractivity contribution in [1.29, 1.82) is 0 Å². The molecule has 0 unspecified atom stereocenters. The first-order valence-electron chi connectivity index (χ1n) is 12.2. The van der Waals surface area contributed by atoms with E-state index in [0.29, 0.717) is 30.0 Å². The van der Waals surface area contributed by atoms with Gasteiger partial charge in [0.15, 0.2) is 9.84 Å². The van der Waals surface area contributed by atoms with E-state index in [9.17, 15) is 32.3 Å². The first kappa shape index (κ1) is 27.8. The van der Waals surface area contributed by atoms with Crippen LogP contribution in [0.15, 0.2) is 71.6 Å². The highest BCUT2D eigenvalue weighted by Crippen LogP contribution is 2.27. The molecular weight excluding hydrogens is 525 g/mol. The molecule has 1 aliphatic heterocycles. The maximum atomic E-state index is 13.8. The molecule has 4 rings (SSSR count). The van der Waals surface area contributed by atoms with E-state index >= 15 is 0 Å². The number of hydrogen-bond donors (Lipinski definition) is 1. The smallest absolute Gasteiger partial charge is 0.336 e. The molecule has 0 aliphatic carbocycles. The lowest BCUT2D eigenvalue weighted by Gasteiger charge is -2.37. The van der Waals surface area contributed by atoms with Crippen LogP contribution in [0, 0.1) is 12.7 Å². The van der Waals surface area contributed by atoms with Gasteiger partial charge in [-0.15, -0.1) is 0 Å². The second kappa shape index (κ2) is 11.2. The highest BCUT2D eigenvalue weighted by Gasteiger charge is 2.29. The number of aryl methyl sites for hydroxylation is 1. The maximum absolute atomic E-state index is 13.8. The monoisotopic (exact) mass is 553 g/mol. The van der Waals surface area contributed by atoms with Crippen molar-refractivity contribution in [3.05, 3.63) is 89.2 Å². The van der Waals surface area contributed by atoms with Crippen LogP contribution in [0.3, 0.4) is 0 Å².